The summed E-state index contributed by atoms with van der Waals surface area (Å²) in [6.45, 7) is 5.50. The van der Waals surface area contributed by atoms with Crippen molar-refractivity contribution in [3.63, 3.8) is 0 Å². The Bertz CT molecular complexity index is 433. The van der Waals surface area contributed by atoms with Crippen LogP contribution < -0.4 is 5.32 Å². The van der Waals surface area contributed by atoms with Crippen molar-refractivity contribution in [1.29, 1.82) is 0 Å². The number of carbonyl (C=O) groups excluding carboxylic acids is 2. The summed E-state index contributed by atoms with van der Waals surface area (Å²) in [6.07, 6.45) is 2.90. The van der Waals surface area contributed by atoms with E-state index in [1.54, 1.807) is 14.2 Å². The fraction of sp³-hybridized carbons (Fsp3) is 0.882. The van der Waals surface area contributed by atoms with Crippen LogP contribution in [0.5, 0.6) is 0 Å². The molecular weight excluding hydrogens is 298 g/mol. The average Bonchev–Trinajstić information content (AvgIpc) is 2.80. The standard InChI is InChI=1S/C17H29NO5/c1-17(2,3)23-16(20)18-13-8-11-10(7-15(13)22-5)6-14(21-4)12(11)9-19/h9-15H,6-8H2,1-5H3,(H,18,20)/t10-,11-,12-,13+,14+,15+/m1/s1. The molecule has 1 amide bonds. The van der Waals surface area contributed by atoms with Crippen LogP contribution in [0, 0.1) is 17.8 Å². The third-order valence-electron chi connectivity index (χ3n) is 5.04. The molecule has 2 aliphatic carbocycles. The largest absolute Gasteiger partial charge is 0.444 e. The first-order valence-corrected chi connectivity index (χ1v) is 8.29. The summed E-state index contributed by atoms with van der Waals surface area (Å²) in [6, 6.07) is -0.144. The summed E-state index contributed by atoms with van der Waals surface area (Å²) < 4.78 is 16.4. The molecule has 6 atom stereocenters. The second-order valence-electron chi connectivity index (χ2n) is 7.65. The van der Waals surface area contributed by atoms with Crippen LogP contribution in [-0.2, 0) is 19.0 Å². The Morgan fingerprint density at radius 2 is 1.70 bits per heavy atom. The first-order chi connectivity index (χ1) is 10.8. The Hall–Kier alpha value is -1.14. The van der Waals surface area contributed by atoms with Gasteiger partial charge >= 0.3 is 6.09 Å². The molecule has 0 aromatic heterocycles. The number of carbonyl (C=O) groups is 2. The summed E-state index contributed by atoms with van der Waals surface area (Å²) in [7, 11) is 3.32. The number of fused-ring (bicyclic) bond motifs is 1. The van der Waals surface area contributed by atoms with Crippen LogP contribution >= 0.6 is 0 Å². The third kappa shape index (κ3) is 4.23. The van der Waals surface area contributed by atoms with Crippen LogP contribution in [-0.4, -0.2) is 50.4 Å². The zero-order valence-electron chi connectivity index (χ0n) is 14.7. The highest BCUT2D eigenvalue weighted by atomic mass is 16.6. The SMILES string of the molecule is CO[C@H]1C[C@@H]2C[C@H](OC)[C@@H](NC(=O)OC(C)(C)C)C[C@H]2[C@H]1C=O. The molecule has 0 heterocycles. The number of methoxy groups -OCH3 is 2. The van der Waals surface area contributed by atoms with Crippen molar-refractivity contribution in [2.24, 2.45) is 17.8 Å². The first-order valence-electron chi connectivity index (χ1n) is 8.29. The Morgan fingerprint density at radius 1 is 1.09 bits per heavy atom. The molecule has 0 bridgehead atoms. The first kappa shape index (κ1) is 18.2. The fourth-order valence-electron chi connectivity index (χ4n) is 4.06. The number of ether oxygens (including phenoxy) is 3. The van der Waals surface area contributed by atoms with E-state index in [9.17, 15) is 9.59 Å². The molecule has 6 nitrogen and oxygen atoms in total. The van der Waals surface area contributed by atoms with Gasteiger partial charge in [-0.3, -0.25) is 0 Å². The molecule has 0 saturated heterocycles. The van der Waals surface area contributed by atoms with Crippen molar-refractivity contribution in [1.82, 2.24) is 5.32 Å². The lowest BCUT2D eigenvalue weighted by molar-refractivity contribution is -0.116. The molecule has 0 unspecified atom stereocenters. The Balaban J connectivity index is 2.05. The topological polar surface area (TPSA) is 73.9 Å². The monoisotopic (exact) mass is 327 g/mol. The van der Waals surface area contributed by atoms with Crippen LogP contribution in [0.25, 0.3) is 0 Å². The van der Waals surface area contributed by atoms with Crippen LogP contribution in [0.2, 0.25) is 0 Å². The van der Waals surface area contributed by atoms with E-state index in [-0.39, 0.29) is 30.1 Å². The van der Waals surface area contributed by atoms with Crippen molar-refractivity contribution in [3.8, 4) is 0 Å². The highest BCUT2D eigenvalue weighted by Gasteiger charge is 2.49. The smallest absolute Gasteiger partial charge is 0.407 e. The molecule has 2 fully saturated rings. The van der Waals surface area contributed by atoms with E-state index in [0.29, 0.717) is 12.3 Å². The molecule has 2 rings (SSSR count). The minimum absolute atomic E-state index is 0.0275. The van der Waals surface area contributed by atoms with Crippen molar-refractivity contribution in [2.75, 3.05) is 14.2 Å². The Labute approximate surface area is 138 Å². The van der Waals surface area contributed by atoms with Gasteiger partial charge in [-0.15, -0.1) is 0 Å². The van der Waals surface area contributed by atoms with Crippen molar-refractivity contribution < 1.29 is 23.8 Å². The van der Waals surface area contributed by atoms with Crippen LogP contribution in [0.3, 0.4) is 0 Å². The molecule has 0 aromatic rings. The lowest BCUT2D eigenvalue weighted by Gasteiger charge is -2.39. The van der Waals surface area contributed by atoms with E-state index in [2.05, 4.69) is 5.32 Å². The van der Waals surface area contributed by atoms with E-state index in [1.165, 1.54) is 0 Å². The number of hydrogen-bond donors (Lipinski definition) is 1. The van der Waals surface area contributed by atoms with Gasteiger partial charge in [0.25, 0.3) is 0 Å². The average molecular weight is 327 g/mol. The van der Waals surface area contributed by atoms with Gasteiger partial charge in [0.2, 0.25) is 0 Å². The van der Waals surface area contributed by atoms with E-state index in [1.807, 2.05) is 20.8 Å². The van der Waals surface area contributed by atoms with Gasteiger partial charge in [-0.05, 0) is 51.9 Å². The molecule has 23 heavy (non-hydrogen) atoms. The molecular formula is C17H29NO5. The molecule has 2 saturated carbocycles. The van der Waals surface area contributed by atoms with E-state index in [0.717, 1.165) is 19.1 Å². The summed E-state index contributed by atoms with van der Waals surface area (Å²) in [5.74, 6) is 0.520. The number of alkyl carbamates (subject to hydrolysis) is 1. The molecule has 6 heteroatoms. The molecule has 0 spiro atoms. The zero-order chi connectivity index (χ0) is 17.2. The number of nitrogens with one attached hydrogen (secondary N) is 1. The second kappa shape index (κ2) is 7.18. The number of amides is 1. The minimum Gasteiger partial charge on any atom is -0.444 e. The lowest BCUT2D eigenvalue weighted by Crippen LogP contribution is -2.51. The van der Waals surface area contributed by atoms with Gasteiger partial charge < -0.3 is 24.3 Å². The third-order valence-corrected chi connectivity index (χ3v) is 5.04. The molecule has 132 valence electrons. The molecule has 1 N–H and O–H groups in total. The van der Waals surface area contributed by atoms with E-state index in [4.69, 9.17) is 14.2 Å². The van der Waals surface area contributed by atoms with Gasteiger partial charge in [-0.25, -0.2) is 4.79 Å². The van der Waals surface area contributed by atoms with Gasteiger partial charge in [0.15, 0.2) is 0 Å². The molecule has 0 aromatic carbocycles. The van der Waals surface area contributed by atoms with Crippen LogP contribution in [0.4, 0.5) is 4.79 Å². The van der Waals surface area contributed by atoms with Crippen LogP contribution in [0.15, 0.2) is 0 Å². The van der Waals surface area contributed by atoms with Crippen molar-refractivity contribution >= 4 is 12.4 Å². The van der Waals surface area contributed by atoms with E-state index >= 15 is 0 Å². The second-order valence-corrected chi connectivity index (χ2v) is 7.65. The Morgan fingerprint density at radius 3 is 2.22 bits per heavy atom. The highest BCUT2D eigenvalue weighted by Crippen LogP contribution is 2.46. The van der Waals surface area contributed by atoms with Gasteiger partial charge in [0.05, 0.1) is 18.2 Å². The lowest BCUT2D eigenvalue weighted by atomic mass is 9.74. The minimum atomic E-state index is -0.538. The molecule has 2 aliphatic rings. The summed E-state index contributed by atoms with van der Waals surface area (Å²) in [5, 5.41) is 2.92. The van der Waals surface area contributed by atoms with Gasteiger partial charge in [-0.1, -0.05) is 0 Å². The van der Waals surface area contributed by atoms with E-state index < -0.39 is 11.7 Å². The predicted octanol–water partition coefficient (Wildman–Crippen LogP) is 2.15. The van der Waals surface area contributed by atoms with Gasteiger partial charge in [0.1, 0.15) is 11.9 Å². The number of hydrogen-bond acceptors (Lipinski definition) is 5. The summed E-state index contributed by atoms with van der Waals surface area (Å²) >= 11 is 0. The maximum atomic E-state index is 12.1. The number of rotatable bonds is 4. The predicted molar refractivity (Wildman–Crippen MR) is 85.1 cm³/mol. The van der Waals surface area contributed by atoms with Crippen LogP contribution in [0.1, 0.15) is 40.0 Å². The van der Waals surface area contributed by atoms with Gasteiger partial charge in [-0.2, -0.15) is 0 Å². The maximum Gasteiger partial charge on any atom is 0.407 e. The summed E-state index contributed by atoms with van der Waals surface area (Å²) in [5.41, 5.74) is -0.538. The quantitative estimate of drug-likeness (QED) is 0.801. The fourth-order valence-corrected chi connectivity index (χ4v) is 4.06. The highest BCUT2D eigenvalue weighted by molar-refractivity contribution is 5.68. The Kier molecular flexibility index (Phi) is 5.68. The maximum absolute atomic E-state index is 12.1. The molecule has 0 radical (unpaired) electrons. The van der Waals surface area contributed by atoms with Crippen molar-refractivity contribution in [2.45, 2.75) is 63.9 Å². The molecule has 0 aliphatic heterocycles. The van der Waals surface area contributed by atoms with Gasteiger partial charge in [0, 0.05) is 20.1 Å². The summed E-state index contributed by atoms with van der Waals surface area (Å²) in [4.78, 5) is 23.5. The van der Waals surface area contributed by atoms with Crippen molar-refractivity contribution in [3.05, 3.63) is 0 Å². The normalized spacial score (nSPS) is 37.1. The number of aldehydes is 1. The zero-order valence-corrected chi connectivity index (χ0v) is 14.7.